The van der Waals surface area contributed by atoms with E-state index in [-0.39, 0.29) is 12.6 Å². The Balaban J connectivity index is 1.85. The second-order valence-corrected chi connectivity index (χ2v) is 4.15. The molecular weight excluding hydrogens is 212 g/mol. The number of hydrogen-bond acceptors (Lipinski definition) is 2. The van der Waals surface area contributed by atoms with Gasteiger partial charge in [0.05, 0.1) is 6.61 Å². The number of benzene rings is 1. The van der Waals surface area contributed by atoms with Gasteiger partial charge in [0.15, 0.2) is 0 Å². The van der Waals surface area contributed by atoms with Gasteiger partial charge >= 0.3 is 0 Å². The summed E-state index contributed by atoms with van der Waals surface area (Å²) in [7, 11) is 0. The van der Waals surface area contributed by atoms with Crippen LogP contribution < -0.4 is 5.32 Å². The first kappa shape index (κ1) is 11.9. The Kier molecular flexibility index (Phi) is 4.36. The summed E-state index contributed by atoms with van der Waals surface area (Å²) in [6, 6.07) is 14.3. The van der Waals surface area contributed by atoms with Gasteiger partial charge in [-0.3, -0.25) is 0 Å². The summed E-state index contributed by atoms with van der Waals surface area (Å²) in [6.45, 7) is 0.903. The summed E-state index contributed by atoms with van der Waals surface area (Å²) in [5, 5.41) is 12.7. The van der Waals surface area contributed by atoms with E-state index in [0.29, 0.717) is 0 Å². The van der Waals surface area contributed by atoms with Crippen molar-refractivity contribution in [2.45, 2.75) is 19.0 Å². The molecule has 0 unspecified atom stereocenters. The van der Waals surface area contributed by atoms with Crippen LogP contribution in [-0.4, -0.2) is 22.7 Å². The van der Waals surface area contributed by atoms with Crippen molar-refractivity contribution in [2.75, 3.05) is 6.61 Å². The summed E-state index contributed by atoms with van der Waals surface area (Å²) in [5.74, 6) is 0. The minimum atomic E-state index is 0.0979. The summed E-state index contributed by atoms with van der Waals surface area (Å²) in [6.07, 6.45) is 2.75. The number of aliphatic hydroxyl groups is 1. The van der Waals surface area contributed by atoms with Crippen LogP contribution in [0.1, 0.15) is 11.3 Å². The Morgan fingerprint density at radius 3 is 2.59 bits per heavy atom. The van der Waals surface area contributed by atoms with Crippen molar-refractivity contribution in [2.24, 2.45) is 0 Å². The van der Waals surface area contributed by atoms with E-state index in [1.807, 2.05) is 36.5 Å². The van der Waals surface area contributed by atoms with E-state index in [2.05, 4.69) is 22.4 Å². The Labute approximate surface area is 102 Å². The second kappa shape index (κ2) is 6.23. The van der Waals surface area contributed by atoms with Crippen LogP contribution in [0, 0.1) is 0 Å². The van der Waals surface area contributed by atoms with Gasteiger partial charge in [0.25, 0.3) is 0 Å². The number of hydrogen-bond donors (Lipinski definition) is 3. The smallest absolute Gasteiger partial charge is 0.0588 e. The first-order valence-electron chi connectivity index (χ1n) is 5.89. The van der Waals surface area contributed by atoms with Gasteiger partial charge in [0.1, 0.15) is 0 Å². The molecule has 1 atom stereocenters. The van der Waals surface area contributed by atoms with Crippen molar-refractivity contribution in [3.05, 3.63) is 59.9 Å². The summed E-state index contributed by atoms with van der Waals surface area (Å²) in [5.41, 5.74) is 2.38. The molecule has 90 valence electrons. The van der Waals surface area contributed by atoms with E-state index in [0.717, 1.165) is 18.7 Å². The van der Waals surface area contributed by atoms with Crippen LogP contribution in [0.2, 0.25) is 0 Å². The van der Waals surface area contributed by atoms with Crippen molar-refractivity contribution in [1.29, 1.82) is 0 Å². The zero-order valence-corrected chi connectivity index (χ0v) is 9.76. The minimum Gasteiger partial charge on any atom is -0.395 e. The molecule has 0 saturated carbocycles. The van der Waals surface area contributed by atoms with Gasteiger partial charge in [-0.15, -0.1) is 0 Å². The Bertz CT molecular complexity index is 411. The molecule has 0 spiro atoms. The molecule has 1 aromatic carbocycles. The predicted molar refractivity (Wildman–Crippen MR) is 68.7 cm³/mol. The number of rotatable bonds is 6. The highest BCUT2D eigenvalue weighted by Gasteiger charge is 2.07. The standard InChI is InChI=1S/C14H18N2O/c17-11-14(9-12-5-2-1-3-6-12)16-10-13-7-4-8-15-13/h1-8,14-17H,9-11H2/t14-/m1/s1. The average Bonchev–Trinajstić information content (AvgIpc) is 2.89. The zero-order chi connectivity index (χ0) is 11.9. The lowest BCUT2D eigenvalue weighted by atomic mass is 10.1. The first-order valence-corrected chi connectivity index (χ1v) is 5.89. The van der Waals surface area contributed by atoms with E-state index in [4.69, 9.17) is 0 Å². The number of nitrogens with one attached hydrogen (secondary N) is 2. The van der Waals surface area contributed by atoms with Crippen molar-refractivity contribution >= 4 is 0 Å². The molecule has 3 heteroatoms. The highest BCUT2D eigenvalue weighted by atomic mass is 16.3. The average molecular weight is 230 g/mol. The van der Waals surface area contributed by atoms with E-state index in [1.54, 1.807) is 0 Å². The van der Waals surface area contributed by atoms with Crippen molar-refractivity contribution < 1.29 is 5.11 Å². The quantitative estimate of drug-likeness (QED) is 0.707. The molecule has 0 aliphatic carbocycles. The van der Waals surface area contributed by atoms with E-state index in [1.165, 1.54) is 5.56 Å². The zero-order valence-electron chi connectivity index (χ0n) is 9.76. The highest BCUT2D eigenvalue weighted by Crippen LogP contribution is 2.03. The van der Waals surface area contributed by atoms with Gasteiger partial charge < -0.3 is 15.4 Å². The first-order chi connectivity index (χ1) is 8.38. The topological polar surface area (TPSA) is 48.0 Å². The molecule has 3 N–H and O–H groups in total. The van der Waals surface area contributed by atoms with Gasteiger partial charge in [-0.2, -0.15) is 0 Å². The van der Waals surface area contributed by atoms with Crippen LogP contribution in [0.25, 0.3) is 0 Å². The molecule has 1 heterocycles. The maximum atomic E-state index is 9.34. The third-order valence-corrected chi connectivity index (χ3v) is 2.79. The van der Waals surface area contributed by atoms with Gasteiger partial charge in [-0.05, 0) is 24.1 Å². The number of aromatic amines is 1. The van der Waals surface area contributed by atoms with Gasteiger partial charge in [-0.1, -0.05) is 30.3 Å². The maximum Gasteiger partial charge on any atom is 0.0588 e. The third-order valence-electron chi connectivity index (χ3n) is 2.79. The largest absolute Gasteiger partial charge is 0.395 e. The molecule has 0 radical (unpaired) electrons. The van der Waals surface area contributed by atoms with E-state index in [9.17, 15) is 5.11 Å². The maximum absolute atomic E-state index is 9.34. The summed E-state index contributed by atoms with van der Waals surface area (Å²) < 4.78 is 0. The van der Waals surface area contributed by atoms with Gasteiger partial charge in [0.2, 0.25) is 0 Å². The number of aliphatic hydroxyl groups excluding tert-OH is 1. The van der Waals surface area contributed by atoms with Gasteiger partial charge in [-0.25, -0.2) is 0 Å². The fourth-order valence-electron chi connectivity index (χ4n) is 1.83. The van der Waals surface area contributed by atoms with Crippen molar-refractivity contribution in [1.82, 2.24) is 10.3 Å². The monoisotopic (exact) mass is 230 g/mol. The molecule has 0 amide bonds. The van der Waals surface area contributed by atoms with Crippen LogP contribution in [0.3, 0.4) is 0 Å². The Hall–Kier alpha value is -1.58. The lowest BCUT2D eigenvalue weighted by molar-refractivity contribution is 0.240. The van der Waals surface area contributed by atoms with Crippen LogP contribution >= 0.6 is 0 Å². The van der Waals surface area contributed by atoms with Crippen LogP contribution in [0.4, 0.5) is 0 Å². The molecule has 0 aliphatic rings. The fourth-order valence-corrected chi connectivity index (χ4v) is 1.83. The second-order valence-electron chi connectivity index (χ2n) is 4.15. The van der Waals surface area contributed by atoms with Gasteiger partial charge in [0, 0.05) is 24.5 Å². The molecule has 17 heavy (non-hydrogen) atoms. The molecule has 1 aromatic heterocycles. The number of H-pyrrole nitrogens is 1. The minimum absolute atomic E-state index is 0.0979. The molecule has 0 bridgehead atoms. The normalized spacial score (nSPS) is 12.5. The van der Waals surface area contributed by atoms with Crippen molar-refractivity contribution in [3.63, 3.8) is 0 Å². The molecule has 3 nitrogen and oxygen atoms in total. The van der Waals surface area contributed by atoms with Crippen LogP contribution in [0.15, 0.2) is 48.7 Å². The highest BCUT2D eigenvalue weighted by molar-refractivity contribution is 5.16. The summed E-state index contributed by atoms with van der Waals surface area (Å²) in [4.78, 5) is 3.14. The molecule has 2 aromatic rings. The Morgan fingerprint density at radius 1 is 1.12 bits per heavy atom. The van der Waals surface area contributed by atoms with Crippen LogP contribution in [-0.2, 0) is 13.0 Å². The van der Waals surface area contributed by atoms with E-state index < -0.39 is 0 Å². The third kappa shape index (κ3) is 3.73. The summed E-state index contributed by atoms with van der Waals surface area (Å²) >= 11 is 0. The Morgan fingerprint density at radius 2 is 1.94 bits per heavy atom. The van der Waals surface area contributed by atoms with E-state index >= 15 is 0 Å². The molecular formula is C14H18N2O. The molecule has 2 rings (SSSR count). The lowest BCUT2D eigenvalue weighted by Gasteiger charge is -2.15. The SMILES string of the molecule is OC[C@@H](Cc1ccccc1)NCc1ccc[nH]1. The lowest BCUT2D eigenvalue weighted by Crippen LogP contribution is -2.34. The molecule has 0 fully saturated rings. The number of aromatic nitrogens is 1. The van der Waals surface area contributed by atoms with Crippen LogP contribution in [0.5, 0.6) is 0 Å². The molecule has 0 saturated heterocycles. The fraction of sp³-hybridized carbons (Fsp3) is 0.286. The van der Waals surface area contributed by atoms with Crippen molar-refractivity contribution in [3.8, 4) is 0 Å². The predicted octanol–water partition coefficient (Wildman–Crippen LogP) is 1.71. The molecule has 0 aliphatic heterocycles.